The Hall–Kier alpha value is 1.02. The summed E-state index contributed by atoms with van der Waals surface area (Å²) in [4.78, 5) is 0. The third-order valence-corrected chi connectivity index (χ3v) is 0. The van der Waals surface area contributed by atoms with E-state index in [0.717, 1.165) is 0 Å². The molecule has 0 fully saturated rings. The molecule has 0 aromatic rings. The van der Waals surface area contributed by atoms with E-state index in [4.69, 9.17) is 0 Å². The van der Waals surface area contributed by atoms with E-state index in [1.54, 1.807) is 0 Å². The first-order valence-corrected chi connectivity index (χ1v) is 0. The summed E-state index contributed by atoms with van der Waals surface area (Å²) in [7, 11) is 0. The van der Waals surface area contributed by atoms with Gasteiger partial charge in [0.15, 0.2) is 0 Å². The maximum Gasteiger partial charge on any atom is 4.00 e. The SMILES string of the molecule is [O-2].[O-2].[Si].[Zr+4]. The summed E-state index contributed by atoms with van der Waals surface area (Å²) in [6.45, 7) is 0. The van der Waals surface area contributed by atoms with Crippen LogP contribution in [0.1, 0.15) is 0 Å². The number of rotatable bonds is 0. The Balaban J connectivity index is 0. The van der Waals surface area contributed by atoms with Gasteiger partial charge in [-0.05, 0) is 0 Å². The molecule has 2 nitrogen and oxygen atoms in total. The van der Waals surface area contributed by atoms with Crippen molar-refractivity contribution in [1.82, 2.24) is 0 Å². The molecule has 0 aliphatic carbocycles. The molecule has 0 N–H and O–H groups in total. The maximum absolute atomic E-state index is 0. The molecule has 0 amide bonds. The number of hydrogen-bond donors (Lipinski definition) is 0. The fourth-order valence-electron chi connectivity index (χ4n) is 0. The monoisotopic (exact) mass is 150 g/mol. The van der Waals surface area contributed by atoms with Crippen LogP contribution in [-0.4, -0.2) is 11.0 Å². The molecule has 20 valence electrons. The minimum Gasteiger partial charge on any atom is -2.00 e. The van der Waals surface area contributed by atoms with Crippen LogP contribution in [0.2, 0.25) is 0 Å². The molecular formula is O2SiZr. The normalized spacial score (nSPS) is 0. The van der Waals surface area contributed by atoms with Crippen LogP contribution in [0.4, 0.5) is 0 Å². The second kappa shape index (κ2) is 35.2. The van der Waals surface area contributed by atoms with Gasteiger partial charge >= 0.3 is 26.2 Å². The third-order valence-electron chi connectivity index (χ3n) is 0. The molecule has 0 aromatic carbocycles. The molecule has 0 aliphatic heterocycles. The summed E-state index contributed by atoms with van der Waals surface area (Å²) >= 11 is 0. The fraction of sp³-hybridized carbons (Fsp3) is 0. The number of hydrogen-bond acceptors (Lipinski definition) is 0. The van der Waals surface area contributed by atoms with E-state index < -0.39 is 0 Å². The Kier molecular flexibility index (Phi) is 687. The van der Waals surface area contributed by atoms with E-state index in [9.17, 15) is 0 Å². The van der Waals surface area contributed by atoms with E-state index in [2.05, 4.69) is 0 Å². The molecule has 0 heterocycles. The van der Waals surface area contributed by atoms with E-state index in [1.165, 1.54) is 0 Å². The van der Waals surface area contributed by atoms with Gasteiger partial charge in [-0.15, -0.1) is 0 Å². The van der Waals surface area contributed by atoms with Crippen LogP contribution in [0, 0.1) is 0 Å². The smallest absolute Gasteiger partial charge is 2.00 e. The molecule has 0 saturated carbocycles. The van der Waals surface area contributed by atoms with E-state index in [1.807, 2.05) is 0 Å². The zero-order chi connectivity index (χ0) is 0. The first-order valence-electron chi connectivity index (χ1n) is 0. The molecule has 4 heavy (non-hydrogen) atoms. The molecule has 0 atom stereocenters. The van der Waals surface area contributed by atoms with Crippen LogP contribution >= 0.6 is 0 Å². The van der Waals surface area contributed by atoms with Crippen molar-refractivity contribution in [2.45, 2.75) is 0 Å². The van der Waals surface area contributed by atoms with Crippen molar-refractivity contribution >= 4 is 11.0 Å². The Bertz CT molecular complexity index is 6.00. The van der Waals surface area contributed by atoms with E-state index >= 15 is 0 Å². The average Bonchev–Trinajstić information content (AvgIpc) is 0. The van der Waals surface area contributed by atoms with Gasteiger partial charge in [-0.2, -0.15) is 0 Å². The van der Waals surface area contributed by atoms with Crippen LogP contribution in [-0.2, 0) is 37.2 Å². The van der Waals surface area contributed by atoms with Gasteiger partial charge in [0.2, 0.25) is 0 Å². The molecule has 0 spiro atoms. The van der Waals surface area contributed by atoms with Gasteiger partial charge < -0.3 is 11.0 Å². The molecule has 0 saturated heterocycles. The van der Waals surface area contributed by atoms with Crippen LogP contribution in [0.15, 0.2) is 0 Å². The predicted molar refractivity (Wildman–Crippen MR) is 7.13 cm³/mol. The molecule has 0 bridgehead atoms. The fourth-order valence-corrected chi connectivity index (χ4v) is 0. The Morgan fingerprint density at radius 3 is 0.750 bits per heavy atom. The van der Waals surface area contributed by atoms with Gasteiger partial charge in [0.25, 0.3) is 0 Å². The van der Waals surface area contributed by atoms with Crippen molar-refractivity contribution in [3.8, 4) is 0 Å². The van der Waals surface area contributed by atoms with Crippen molar-refractivity contribution in [2.75, 3.05) is 0 Å². The largest absolute Gasteiger partial charge is 4.00 e. The Morgan fingerprint density at radius 1 is 0.750 bits per heavy atom. The van der Waals surface area contributed by atoms with Crippen molar-refractivity contribution in [3.05, 3.63) is 0 Å². The van der Waals surface area contributed by atoms with Crippen molar-refractivity contribution < 1.29 is 37.2 Å². The van der Waals surface area contributed by atoms with Crippen LogP contribution in [0.3, 0.4) is 0 Å². The van der Waals surface area contributed by atoms with Crippen LogP contribution < -0.4 is 0 Å². The zero-order valence-electron chi connectivity index (χ0n) is 1.82. The van der Waals surface area contributed by atoms with Gasteiger partial charge in [0.1, 0.15) is 0 Å². The first kappa shape index (κ1) is 78.0. The van der Waals surface area contributed by atoms with Crippen molar-refractivity contribution in [3.63, 3.8) is 0 Å². The second-order valence-corrected chi connectivity index (χ2v) is 0. The van der Waals surface area contributed by atoms with Gasteiger partial charge in [-0.1, -0.05) is 0 Å². The van der Waals surface area contributed by atoms with Gasteiger partial charge in [-0.25, -0.2) is 0 Å². The van der Waals surface area contributed by atoms with Crippen LogP contribution in [0.5, 0.6) is 0 Å². The first-order chi connectivity index (χ1) is 0. The summed E-state index contributed by atoms with van der Waals surface area (Å²) in [6.07, 6.45) is 0. The molecule has 0 rings (SSSR count). The molecule has 0 aliphatic rings. The molecule has 4 heteroatoms. The second-order valence-electron chi connectivity index (χ2n) is 0. The van der Waals surface area contributed by atoms with Gasteiger partial charge in [-0.3, -0.25) is 0 Å². The Morgan fingerprint density at radius 2 is 0.750 bits per heavy atom. The molecule has 0 aromatic heterocycles. The molecule has 0 unspecified atom stereocenters. The average molecular weight is 151 g/mol. The van der Waals surface area contributed by atoms with E-state index in [0.29, 0.717) is 0 Å². The standard InChI is InChI=1S/2O.Si.Zr/q2*-2;;+4. The Labute approximate surface area is 48.4 Å². The minimum absolute atomic E-state index is 0. The summed E-state index contributed by atoms with van der Waals surface area (Å²) in [5.74, 6) is 0. The van der Waals surface area contributed by atoms with Gasteiger partial charge in [0, 0.05) is 11.0 Å². The quantitative estimate of drug-likeness (QED) is 0.414. The summed E-state index contributed by atoms with van der Waals surface area (Å²) in [5.41, 5.74) is 0. The summed E-state index contributed by atoms with van der Waals surface area (Å²) in [5, 5.41) is 0. The molecule has 4 radical (unpaired) electrons. The third kappa shape index (κ3) is 11.8. The topological polar surface area (TPSA) is 57.0 Å². The minimum atomic E-state index is 0. The zero-order valence-corrected chi connectivity index (χ0v) is 5.27. The van der Waals surface area contributed by atoms with Crippen molar-refractivity contribution in [2.24, 2.45) is 0 Å². The van der Waals surface area contributed by atoms with Crippen LogP contribution in [0.25, 0.3) is 0 Å². The van der Waals surface area contributed by atoms with Gasteiger partial charge in [0.05, 0.1) is 0 Å². The van der Waals surface area contributed by atoms with E-state index in [-0.39, 0.29) is 48.1 Å². The summed E-state index contributed by atoms with van der Waals surface area (Å²) in [6, 6.07) is 0. The summed E-state index contributed by atoms with van der Waals surface area (Å²) < 4.78 is 0. The van der Waals surface area contributed by atoms with Crippen molar-refractivity contribution in [1.29, 1.82) is 0 Å². The molecular weight excluding hydrogens is 151 g/mol. The predicted octanol–water partition coefficient (Wildman–Crippen LogP) is -0.621. The maximum atomic E-state index is 0.